The number of rotatable bonds is 3. The largest absolute Gasteiger partial charge is 0.497 e. The molecule has 0 fully saturated rings. The van der Waals surface area contributed by atoms with Gasteiger partial charge >= 0.3 is 6.09 Å². The fourth-order valence-corrected chi connectivity index (χ4v) is 1.89. The molecule has 2 aromatic carbocycles. The van der Waals surface area contributed by atoms with Crippen molar-refractivity contribution in [1.29, 1.82) is 0 Å². The first-order valence-corrected chi connectivity index (χ1v) is 5.64. The van der Waals surface area contributed by atoms with Crippen LogP contribution in [0.4, 0.5) is 10.5 Å². The van der Waals surface area contributed by atoms with E-state index in [1.54, 1.807) is 24.3 Å². The fraction of sp³-hybridized carbons (Fsp3) is 0.143. The third-order valence-electron chi connectivity index (χ3n) is 2.81. The number of benzene rings is 2. The van der Waals surface area contributed by atoms with Crippen LogP contribution in [0.25, 0.3) is 10.8 Å². The average Bonchev–Trinajstić information content (AvgIpc) is 2.37. The number of Topliss-reactive ketones (excluding diaryl/α,β-unsaturated/α-hetero) is 1. The van der Waals surface area contributed by atoms with Gasteiger partial charge in [0.15, 0.2) is 5.78 Å². The van der Waals surface area contributed by atoms with E-state index in [0.29, 0.717) is 22.4 Å². The second kappa shape index (κ2) is 4.97. The van der Waals surface area contributed by atoms with Crippen LogP contribution in [0.5, 0.6) is 5.75 Å². The fourth-order valence-electron chi connectivity index (χ4n) is 1.89. The zero-order valence-electron chi connectivity index (χ0n) is 10.6. The maximum atomic E-state index is 11.5. The van der Waals surface area contributed by atoms with Crippen LogP contribution in [-0.2, 0) is 0 Å². The molecule has 19 heavy (non-hydrogen) atoms. The summed E-state index contributed by atoms with van der Waals surface area (Å²) in [5.41, 5.74) is 0.829. The van der Waals surface area contributed by atoms with Crippen LogP contribution in [0.1, 0.15) is 17.3 Å². The highest BCUT2D eigenvalue weighted by atomic mass is 16.5. The summed E-state index contributed by atoms with van der Waals surface area (Å²) in [5, 5.41) is 12.6. The summed E-state index contributed by atoms with van der Waals surface area (Å²) in [6.07, 6.45) is -1.18. The molecule has 5 nitrogen and oxygen atoms in total. The molecular weight excluding hydrogens is 246 g/mol. The number of ether oxygens (including phenoxy) is 1. The Morgan fingerprint density at radius 2 is 1.95 bits per heavy atom. The predicted octanol–water partition coefficient (Wildman–Crippen LogP) is 3.14. The Balaban J connectivity index is 2.70. The van der Waals surface area contributed by atoms with Gasteiger partial charge in [-0.3, -0.25) is 10.1 Å². The van der Waals surface area contributed by atoms with Crippen molar-refractivity contribution in [2.24, 2.45) is 0 Å². The van der Waals surface area contributed by atoms with E-state index in [-0.39, 0.29) is 5.78 Å². The maximum Gasteiger partial charge on any atom is 0.409 e. The summed E-state index contributed by atoms with van der Waals surface area (Å²) in [5.74, 6) is 0.502. The Hall–Kier alpha value is -2.56. The van der Waals surface area contributed by atoms with E-state index < -0.39 is 6.09 Å². The number of amides is 1. The van der Waals surface area contributed by atoms with Crippen molar-refractivity contribution in [2.45, 2.75) is 6.92 Å². The van der Waals surface area contributed by atoms with Gasteiger partial charge in [0, 0.05) is 10.9 Å². The number of hydrogen-bond donors (Lipinski definition) is 2. The molecule has 0 saturated carbocycles. The van der Waals surface area contributed by atoms with E-state index in [1.165, 1.54) is 20.1 Å². The first-order chi connectivity index (χ1) is 9.01. The maximum absolute atomic E-state index is 11.5. The number of methoxy groups -OCH3 is 1. The molecule has 0 heterocycles. The van der Waals surface area contributed by atoms with Crippen molar-refractivity contribution >= 4 is 28.3 Å². The van der Waals surface area contributed by atoms with E-state index in [1.807, 2.05) is 0 Å². The van der Waals surface area contributed by atoms with E-state index in [2.05, 4.69) is 5.32 Å². The molecule has 0 atom stereocenters. The van der Waals surface area contributed by atoms with Crippen LogP contribution in [0, 0.1) is 0 Å². The molecule has 5 heteroatoms. The third kappa shape index (κ3) is 2.65. The van der Waals surface area contributed by atoms with Crippen LogP contribution in [-0.4, -0.2) is 24.1 Å². The Kier molecular flexibility index (Phi) is 3.37. The summed E-state index contributed by atoms with van der Waals surface area (Å²) < 4.78 is 5.12. The van der Waals surface area contributed by atoms with Gasteiger partial charge in [-0.1, -0.05) is 6.07 Å². The molecule has 0 radical (unpaired) electrons. The number of nitrogens with one attached hydrogen (secondary N) is 1. The van der Waals surface area contributed by atoms with Crippen molar-refractivity contribution in [2.75, 3.05) is 12.4 Å². The summed E-state index contributed by atoms with van der Waals surface area (Å²) in [4.78, 5) is 22.3. The Labute approximate surface area is 109 Å². The molecule has 0 spiro atoms. The SMILES string of the molecule is COc1ccc2cc(C(C)=O)cc(NC(=O)O)c2c1. The lowest BCUT2D eigenvalue weighted by Crippen LogP contribution is -2.08. The molecule has 0 saturated heterocycles. The third-order valence-corrected chi connectivity index (χ3v) is 2.81. The minimum absolute atomic E-state index is 0.119. The lowest BCUT2D eigenvalue weighted by atomic mass is 10.0. The van der Waals surface area contributed by atoms with Gasteiger partial charge in [-0.25, -0.2) is 4.79 Å². The first-order valence-electron chi connectivity index (χ1n) is 5.64. The van der Waals surface area contributed by atoms with Crippen molar-refractivity contribution in [3.63, 3.8) is 0 Å². The number of carbonyl (C=O) groups excluding carboxylic acids is 1. The van der Waals surface area contributed by atoms with Crippen molar-refractivity contribution < 1.29 is 19.4 Å². The van der Waals surface area contributed by atoms with Crippen LogP contribution >= 0.6 is 0 Å². The Morgan fingerprint density at radius 3 is 2.53 bits per heavy atom. The van der Waals surface area contributed by atoms with Gasteiger partial charge in [0.1, 0.15) is 5.75 Å². The minimum Gasteiger partial charge on any atom is -0.497 e. The number of hydrogen-bond acceptors (Lipinski definition) is 3. The molecule has 0 aliphatic carbocycles. The number of fused-ring (bicyclic) bond motifs is 1. The minimum atomic E-state index is -1.18. The molecule has 0 aliphatic rings. The summed E-state index contributed by atoms with van der Waals surface area (Å²) in [6, 6.07) is 8.53. The van der Waals surface area contributed by atoms with Gasteiger partial charge in [-0.2, -0.15) is 0 Å². The van der Waals surface area contributed by atoms with E-state index in [4.69, 9.17) is 9.84 Å². The molecule has 2 aromatic rings. The zero-order chi connectivity index (χ0) is 14.0. The molecule has 98 valence electrons. The molecule has 0 bridgehead atoms. The van der Waals surface area contributed by atoms with Gasteiger partial charge in [0.25, 0.3) is 0 Å². The first kappa shape index (κ1) is 12.9. The van der Waals surface area contributed by atoms with Gasteiger partial charge in [0.2, 0.25) is 0 Å². The number of carbonyl (C=O) groups is 2. The number of ketones is 1. The zero-order valence-corrected chi connectivity index (χ0v) is 10.6. The number of carboxylic acid groups (broad SMARTS) is 1. The summed E-state index contributed by atoms with van der Waals surface area (Å²) in [7, 11) is 1.54. The quantitative estimate of drug-likeness (QED) is 0.830. The van der Waals surface area contributed by atoms with Crippen LogP contribution in [0.15, 0.2) is 30.3 Å². The highest BCUT2D eigenvalue weighted by Gasteiger charge is 2.10. The smallest absolute Gasteiger partial charge is 0.409 e. The molecular formula is C14H13NO4. The van der Waals surface area contributed by atoms with E-state index >= 15 is 0 Å². The topological polar surface area (TPSA) is 75.6 Å². The second-order valence-electron chi connectivity index (χ2n) is 4.10. The number of anilines is 1. The lowest BCUT2D eigenvalue weighted by molar-refractivity contribution is 0.101. The van der Waals surface area contributed by atoms with Crippen molar-refractivity contribution in [3.8, 4) is 5.75 Å². The molecule has 0 unspecified atom stereocenters. The van der Waals surface area contributed by atoms with Crippen LogP contribution in [0.2, 0.25) is 0 Å². The van der Waals surface area contributed by atoms with Gasteiger partial charge < -0.3 is 9.84 Å². The molecule has 2 rings (SSSR count). The lowest BCUT2D eigenvalue weighted by Gasteiger charge is -2.10. The van der Waals surface area contributed by atoms with Gasteiger partial charge in [0.05, 0.1) is 12.8 Å². The molecule has 2 N–H and O–H groups in total. The average molecular weight is 259 g/mol. The van der Waals surface area contributed by atoms with Crippen molar-refractivity contribution in [1.82, 2.24) is 0 Å². The van der Waals surface area contributed by atoms with Crippen molar-refractivity contribution in [3.05, 3.63) is 35.9 Å². The highest BCUT2D eigenvalue weighted by Crippen LogP contribution is 2.29. The van der Waals surface area contributed by atoms with E-state index in [0.717, 1.165) is 5.39 Å². The Bertz CT molecular complexity index is 664. The predicted molar refractivity (Wildman–Crippen MR) is 72.2 cm³/mol. The standard InChI is InChI=1S/C14H13NO4/c1-8(16)10-5-9-3-4-11(19-2)7-12(9)13(6-10)15-14(17)18/h3-7,15H,1-2H3,(H,17,18). The highest BCUT2D eigenvalue weighted by molar-refractivity contribution is 6.06. The van der Waals surface area contributed by atoms with E-state index in [9.17, 15) is 9.59 Å². The van der Waals surface area contributed by atoms with Gasteiger partial charge in [-0.05, 0) is 36.6 Å². The normalized spacial score (nSPS) is 10.2. The molecule has 0 aromatic heterocycles. The molecule has 1 amide bonds. The Morgan fingerprint density at radius 1 is 1.21 bits per heavy atom. The monoisotopic (exact) mass is 259 g/mol. The molecule has 0 aliphatic heterocycles. The summed E-state index contributed by atoms with van der Waals surface area (Å²) in [6.45, 7) is 1.44. The van der Waals surface area contributed by atoms with Crippen LogP contribution in [0.3, 0.4) is 0 Å². The van der Waals surface area contributed by atoms with Gasteiger partial charge in [-0.15, -0.1) is 0 Å². The van der Waals surface area contributed by atoms with Crippen LogP contribution < -0.4 is 10.1 Å². The summed E-state index contributed by atoms with van der Waals surface area (Å²) >= 11 is 0. The second-order valence-corrected chi connectivity index (χ2v) is 4.10.